The highest BCUT2D eigenvalue weighted by Gasteiger charge is 2.11. The molecule has 138 valence electrons. The van der Waals surface area contributed by atoms with Crippen molar-refractivity contribution >= 4 is 11.9 Å². The molecule has 0 bridgehead atoms. The maximum Gasteiger partial charge on any atom is 0.335 e. The number of nitrogens with one attached hydrogen (secondary N) is 1. The molecule has 0 radical (unpaired) electrons. The van der Waals surface area contributed by atoms with Crippen LogP contribution in [-0.2, 0) is 29.1 Å². The van der Waals surface area contributed by atoms with Gasteiger partial charge in [0.15, 0.2) is 0 Å². The highest BCUT2D eigenvalue weighted by atomic mass is 16.5. The monoisotopic (exact) mass is 355 g/mol. The molecule has 0 heterocycles. The van der Waals surface area contributed by atoms with Gasteiger partial charge in [-0.25, -0.2) is 4.79 Å². The van der Waals surface area contributed by atoms with Crippen molar-refractivity contribution in [2.75, 3.05) is 6.61 Å². The summed E-state index contributed by atoms with van der Waals surface area (Å²) in [6.07, 6.45) is 1.62. The first kappa shape index (κ1) is 19.7. The largest absolute Gasteiger partial charge is 0.478 e. The Kier molecular flexibility index (Phi) is 7.83. The highest BCUT2D eigenvalue weighted by Crippen LogP contribution is 2.12. The summed E-state index contributed by atoms with van der Waals surface area (Å²) in [6.45, 7) is 3.75. The summed E-state index contributed by atoms with van der Waals surface area (Å²) < 4.78 is 5.59. The molecule has 5 heteroatoms. The lowest BCUT2D eigenvalue weighted by Gasteiger charge is -2.11. The van der Waals surface area contributed by atoms with Crippen LogP contribution in [0.4, 0.5) is 0 Å². The third-order valence-corrected chi connectivity index (χ3v) is 4.07. The Morgan fingerprint density at radius 3 is 2.35 bits per heavy atom. The van der Waals surface area contributed by atoms with Gasteiger partial charge in [0.25, 0.3) is 0 Å². The minimum Gasteiger partial charge on any atom is -0.478 e. The maximum absolute atomic E-state index is 12.2. The first-order valence-electron chi connectivity index (χ1n) is 8.84. The normalized spacial score (nSPS) is 10.5. The van der Waals surface area contributed by atoms with Crippen molar-refractivity contribution in [1.82, 2.24) is 5.32 Å². The van der Waals surface area contributed by atoms with Crippen LogP contribution in [0.5, 0.6) is 0 Å². The third-order valence-electron chi connectivity index (χ3n) is 4.07. The van der Waals surface area contributed by atoms with Crippen LogP contribution in [0.1, 0.15) is 46.8 Å². The van der Waals surface area contributed by atoms with Crippen LogP contribution in [0.3, 0.4) is 0 Å². The van der Waals surface area contributed by atoms with Gasteiger partial charge in [0, 0.05) is 19.6 Å². The van der Waals surface area contributed by atoms with Gasteiger partial charge in [-0.2, -0.15) is 0 Å². The van der Waals surface area contributed by atoms with E-state index < -0.39 is 5.97 Å². The number of aromatic carboxylic acids is 1. The number of ether oxygens (including phenoxy) is 1. The average Bonchev–Trinajstić information content (AvgIpc) is 2.66. The highest BCUT2D eigenvalue weighted by molar-refractivity contribution is 5.89. The van der Waals surface area contributed by atoms with E-state index in [-0.39, 0.29) is 17.9 Å². The fourth-order valence-electron chi connectivity index (χ4n) is 2.67. The number of carbonyl (C=O) groups is 2. The van der Waals surface area contributed by atoms with Gasteiger partial charge in [0.2, 0.25) is 5.91 Å². The Hall–Kier alpha value is -2.66. The topological polar surface area (TPSA) is 75.6 Å². The van der Waals surface area contributed by atoms with Crippen LogP contribution in [0.15, 0.2) is 48.5 Å². The summed E-state index contributed by atoms with van der Waals surface area (Å²) in [7, 11) is 0. The van der Waals surface area contributed by atoms with Crippen LogP contribution < -0.4 is 5.32 Å². The number of rotatable bonds is 10. The molecule has 0 fully saturated rings. The molecule has 0 saturated carbocycles. The van der Waals surface area contributed by atoms with Crippen LogP contribution in [0.25, 0.3) is 0 Å². The molecule has 0 aliphatic carbocycles. The Labute approximate surface area is 154 Å². The van der Waals surface area contributed by atoms with Gasteiger partial charge in [-0.1, -0.05) is 49.4 Å². The standard InChI is InChI=1S/C21H25NO4/c1-2-13-26-15-18-9-4-3-8-17(18)14-22-20(23)12-11-16-7-5-6-10-19(16)21(24)25/h3-10H,2,11-15H2,1H3,(H,22,23)(H,24,25). The predicted octanol–water partition coefficient (Wildman–Crippen LogP) is 3.56. The van der Waals surface area contributed by atoms with E-state index in [0.717, 1.165) is 17.5 Å². The van der Waals surface area contributed by atoms with Crippen molar-refractivity contribution in [2.24, 2.45) is 0 Å². The smallest absolute Gasteiger partial charge is 0.335 e. The molecule has 2 rings (SSSR count). The van der Waals surface area contributed by atoms with E-state index in [1.807, 2.05) is 24.3 Å². The van der Waals surface area contributed by atoms with E-state index in [2.05, 4.69) is 12.2 Å². The van der Waals surface area contributed by atoms with Crippen molar-refractivity contribution < 1.29 is 19.4 Å². The van der Waals surface area contributed by atoms with E-state index in [0.29, 0.717) is 31.7 Å². The second kappa shape index (κ2) is 10.4. The summed E-state index contributed by atoms with van der Waals surface area (Å²) >= 11 is 0. The molecule has 0 saturated heterocycles. The van der Waals surface area contributed by atoms with Crippen molar-refractivity contribution in [2.45, 2.75) is 39.3 Å². The number of benzene rings is 2. The van der Waals surface area contributed by atoms with Crippen molar-refractivity contribution in [3.8, 4) is 0 Å². The number of carbonyl (C=O) groups excluding carboxylic acids is 1. The summed E-state index contributed by atoms with van der Waals surface area (Å²) in [5.41, 5.74) is 3.02. The molecule has 26 heavy (non-hydrogen) atoms. The Morgan fingerprint density at radius 1 is 1.00 bits per heavy atom. The molecule has 1 amide bonds. The quantitative estimate of drug-likeness (QED) is 0.639. The maximum atomic E-state index is 12.2. The first-order chi connectivity index (χ1) is 12.6. The SMILES string of the molecule is CCCOCc1ccccc1CNC(=O)CCc1ccccc1C(=O)O. The van der Waals surface area contributed by atoms with Crippen molar-refractivity contribution in [3.63, 3.8) is 0 Å². The van der Waals surface area contributed by atoms with Crippen LogP contribution in [0, 0.1) is 0 Å². The Balaban J connectivity index is 1.87. The molecule has 0 aliphatic heterocycles. The van der Waals surface area contributed by atoms with Crippen LogP contribution in [-0.4, -0.2) is 23.6 Å². The van der Waals surface area contributed by atoms with Gasteiger partial charge in [-0.05, 0) is 35.6 Å². The van der Waals surface area contributed by atoms with E-state index in [4.69, 9.17) is 4.74 Å². The summed E-state index contributed by atoms with van der Waals surface area (Å²) in [5.74, 6) is -1.07. The van der Waals surface area contributed by atoms with E-state index in [9.17, 15) is 14.7 Å². The van der Waals surface area contributed by atoms with Crippen molar-refractivity contribution in [3.05, 3.63) is 70.8 Å². The lowest BCUT2D eigenvalue weighted by molar-refractivity contribution is -0.121. The molecule has 0 aromatic heterocycles. The predicted molar refractivity (Wildman–Crippen MR) is 100.0 cm³/mol. The fourth-order valence-corrected chi connectivity index (χ4v) is 2.67. The molecular weight excluding hydrogens is 330 g/mol. The van der Waals surface area contributed by atoms with Crippen LogP contribution >= 0.6 is 0 Å². The zero-order chi connectivity index (χ0) is 18.8. The number of hydrogen-bond donors (Lipinski definition) is 2. The van der Waals surface area contributed by atoms with Gasteiger partial charge in [0.05, 0.1) is 12.2 Å². The molecule has 0 unspecified atom stereocenters. The molecule has 2 aromatic rings. The minimum absolute atomic E-state index is 0.102. The summed E-state index contributed by atoms with van der Waals surface area (Å²) in [4.78, 5) is 23.4. The second-order valence-corrected chi connectivity index (χ2v) is 6.06. The van der Waals surface area contributed by atoms with Gasteiger partial charge >= 0.3 is 5.97 Å². The molecule has 0 atom stereocenters. The zero-order valence-corrected chi connectivity index (χ0v) is 15.0. The molecular formula is C21H25NO4. The van der Waals surface area contributed by atoms with E-state index in [1.54, 1.807) is 24.3 Å². The molecule has 5 nitrogen and oxygen atoms in total. The average molecular weight is 355 g/mol. The molecule has 2 N–H and O–H groups in total. The second-order valence-electron chi connectivity index (χ2n) is 6.06. The number of amides is 1. The van der Waals surface area contributed by atoms with Crippen LogP contribution in [0.2, 0.25) is 0 Å². The number of carboxylic acids is 1. The lowest BCUT2D eigenvalue weighted by Crippen LogP contribution is -2.24. The number of carboxylic acid groups (broad SMARTS) is 1. The Bertz CT molecular complexity index is 742. The molecule has 2 aromatic carbocycles. The minimum atomic E-state index is -0.970. The zero-order valence-electron chi connectivity index (χ0n) is 15.0. The molecule has 0 aliphatic rings. The van der Waals surface area contributed by atoms with E-state index >= 15 is 0 Å². The Morgan fingerprint density at radius 2 is 1.65 bits per heavy atom. The van der Waals surface area contributed by atoms with Crippen molar-refractivity contribution in [1.29, 1.82) is 0 Å². The summed E-state index contributed by atoms with van der Waals surface area (Å²) in [5, 5.41) is 12.1. The molecule has 0 spiro atoms. The lowest BCUT2D eigenvalue weighted by atomic mass is 10.0. The number of hydrogen-bond acceptors (Lipinski definition) is 3. The fraction of sp³-hybridized carbons (Fsp3) is 0.333. The first-order valence-corrected chi connectivity index (χ1v) is 8.84. The summed E-state index contributed by atoms with van der Waals surface area (Å²) in [6, 6.07) is 14.6. The van der Waals surface area contributed by atoms with E-state index in [1.165, 1.54) is 0 Å². The number of aryl methyl sites for hydroxylation is 1. The van der Waals surface area contributed by atoms with Gasteiger partial charge in [-0.3, -0.25) is 4.79 Å². The van der Waals surface area contributed by atoms with Gasteiger partial charge in [-0.15, -0.1) is 0 Å². The van der Waals surface area contributed by atoms with Gasteiger partial charge < -0.3 is 15.2 Å². The van der Waals surface area contributed by atoms with Gasteiger partial charge in [0.1, 0.15) is 0 Å². The third kappa shape index (κ3) is 6.01.